The molecule has 1 aliphatic rings. The Balaban J connectivity index is 2.28. The van der Waals surface area contributed by atoms with Crippen molar-refractivity contribution in [3.63, 3.8) is 0 Å². The van der Waals surface area contributed by atoms with Crippen LogP contribution in [0.1, 0.15) is 19.3 Å². The van der Waals surface area contributed by atoms with Gasteiger partial charge in [-0.05, 0) is 39.9 Å². The van der Waals surface area contributed by atoms with Crippen LogP contribution in [-0.4, -0.2) is 55.6 Å². The first-order valence-corrected chi connectivity index (χ1v) is 5.67. The van der Waals surface area contributed by atoms with E-state index in [1.807, 2.05) is 0 Å². The first-order chi connectivity index (χ1) is 7.13. The fourth-order valence-corrected chi connectivity index (χ4v) is 2.04. The Labute approximate surface area is 92.6 Å². The molecular weight excluding hydrogens is 188 g/mol. The monoisotopic (exact) mass is 210 g/mol. The lowest BCUT2D eigenvalue weighted by Crippen LogP contribution is -2.46. The topological polar surface area (TPSA) is 56.3 Å². The lowest BCUT2D eigenvalue weighted by Gasteiger charge is -2.36. The Morgan fingerprint density at radius 3 is 2.93 bits per heavy atom. The van der Waals surface area contributed by atoms with Gasteiger partial charge in [-0.2, -0.15) is 5.26 Å². The van der Waals surface area contributed by atoms with Gasteiger partial charge in [0, 0.05) is 19.1 Å². The summed E-state index contributed by atoms with van der Waals surface area (Å²) in [4.78, 5) is 4.71. The molecule has 0 radical (unpaired) electrons. The van der Waals surface area contributed by atoms with Gasteiger partial charge in [0.25, 0.3) is 0 Å². The lowest BCUT2D eigenvalue weighted by molar-refractivity contribution is 0.131. The average Bonchev–Trinajstić information content (AvgIpc) is 2.26. The quantitative estimate of drug-likeness (QED) is 0.723. The van der Waals surface area contributed by atoms with Gasteiger partial charge < -0.3 is 15.5 Å². The molecule has 4 heteroatoms. The highest BCUT2D eigenvalue weighted by atomic mass is 15.2. The van der Waals surface area contributed by atoms with Crippen molar-refractivity contribution in [2.75, 3.05) is 33.7 Å². The molecular formula is C11H22N4. The van der Waals surface area contributed by atoms with Crippen LogP contribution in [0.3, 0.4) is 0 Å². The summed E-state index contributed by atoms with van der Waals surface area (Å²) in [7, 11) is 4.27. The van der Waals surface area contributed by atoms with Crippen molar-refractivity contribution in [2.45, 2.75) is 31.3 Å². The van der Waals surface area contributed by atoms with Gasteiger partial charge in [0.2, 0.25) is 0 Å². The number of likely N-dealkylation sites (tertiary alicyclic amines) is 1. The summed E-state index contributed by atoms with van der Waals surface area (Å²) in [5.74, 6) is 0. The summed E-state index contributed by atoms with van der Waals surface area (Å²) in [6, 6.07) is 2.44. The SMILES string of the molecule is CN(C)C1CCCN(CCC(N)C#N)C1. The smallest absolute Gasteiger partial charge is 0.0940 e. The zero-order valence-electron chi connectivity index (χ0n) is 9.82. The van der Waals surface area contributed by atoms with Crippen molar-refractivity contribution in [1.82, 2.24) is 9.80 Å². The number of hydrogen-bond donors (Lipinski definition) is 1. The Kier molecular flexibility index (Phi) is 5.03. The second kappa shape index (κ2) is 6.06. The van der Waals surface area contributed by atoms with Gasteiger partial charge in [-0.25, -0.2) is 0 Å². The first-order valence-electron chi connectivity index (χ1n) is 5.67. The third-order valence-electron chi connectivity index (χ3n) is 3.13. The van der Waals surface area contributed by atoms with E-state index in [1.54, 1.807) is 0 Å². The molecule has 0 aromatic heterocycles. The molecule has 15 heavy (non-hydrogen) atoms. The maximum atomic E-state index is 8.60. The number of nitrogens with two attached hydrogens (primary N) is 1. The second-order valence-electron chi connectivity index (χ2n) is 4.58. The molecule has 4 nitrogen and oxygen atoms in total. The largest absolute Gasteiger partial charge is 0.316 e. The van der Waals surface area contributed by atoms with E-state index in [4.69, 9.17) is 11.0 Å². The van der Waals surface area contributed by atoms with Gasteiger partial charge >= 0.3 is 0 Å². The van der Waals surface area contributed by atoms with Gasteiger partial charge in [-0.3, -0.25) is 0 Å². The summed E-state index contributed by atoms with van der Waals surface area (Å²) >= 11 is 0. The molecule has 0 aromatic carbocycles. The van der Waals surface area contributed by atoms with E-state index in [9.17, 15) is 0 Å². The number of nitriles is 1. The van der Waals surface area contributed by atoms with Crippen molar-refractivity contribution < 1.29 is 0 Å². The zero-order valence-corrected chi connectivity index (χ0v) is 9.82. The second-order valence-corrected chi connectivity index (χ2v) is 4.58. The molecule has 86 valence electrons. The molecule has 0 saturated carbocycles. The standard InChI is InChI=1S/C11H22N4/c1-14(2)11-4-3-6-15(9-11)7-5-10(13)8-12/h10-11H,3-7,9,13H2,1-2H3. The van der Waals surface area contributed by atoms with Crippen LogP contribution in [-0.2, 0) is 0 Å². The number of rotatable bonds is 4. The van der Waals surface area contributed by atoms with Crippen LogP contribution < -0.4 is 5.73 Å². The van der Waals surface area contributed by atoms with Crippen molar-refractivity contribution in [3.05, 3.63) is 0 Å². The fraction of sp³-hybridized carbons (Fsp3) is 0.909. The van der Waals surface area contributed by atoms with Crippen LogP contribution in [0.25, 0.3) is 0 Å². The molecule has 0 spiro atoms. The number of hydrogen-bond acceptors (Lipinski definition) is 4. The zero-order chi connectivity index (χ0) is 11.3. The predicted octanol–water partition coefficient (Wildman–Crippen LogP) is 0.253. The first kappa shape index (κ1) is 12.4. The fourth-order valence-electron chi connectivity index (χ4n) is 2.04. The summed E-state index contributed by atoms with van der Waals surface area (Å²) in [5, 5.41) is 8.60. The van der Waals surface area contributed by atoms with E-state index < -0.39 is 0 Å². The molecule has 1 fully saturated rings. The highest BCUT2D eigenvalue weighted by Crippen LogP contribution is 2.13. The minimum Gasteiger partial charge on any atom is -0.316 e. The number of nitrogens with zero attached hydrogens (tertiary/aromatic N) is 3. The molecule has 1 rings (SSSR count). The van der Waals surface area contributed by atoms with Gasteiger partial charge in [-0.1, -0.05) is 0 Å². The highest BCUT2D eigenvalue weighted by molar-refractivity contribution is 4.87. The Hall–Kier alpha value is -0.630. The highest BCUT2D eigenvalue weighted by Gasteiger charge is 2.21. The minimum absolute atomic E-state index is 0.301. The number of likely N-dealkylation sites (N-methyl/N-ethyl adjacent to an activating group) is 1. The molecule has 0 bridgehead atoms. The minimum atomic E-state index is -0.301. The lowest BCUT2D eigenvalue weighted by atomic mass is 10.0. The maximum Gasteiger partial charge on any atom is 0.0940 e. The molecule has 1 heterocycles. The molecule has 0 amide bonds. The summed E-state index contributed by atoms with van der Waals surface area (Å²) < 4.78 is 0. The van der Waals surface area contributed by atoms with E-state index in [0.29, 0.717) is 6.04 Å². The molecule has 2 atom stereocenters. The molecule has 1 saturated heterocycles. The third kappa shape index (κ3) is 4.17. The summed E-state index contributed by atoms with van der Waals surface area (Å²) in [6.45, 7) is 3.23. The third-order valence-corrected chi connectivity index (χ3v) is 3.13. The average molecular weight is 210 g/mol. The Morgan fingerprint density at radius 2 is 2.33 bits per heavy atom. The van der Waals surface area contributed by atoms with Crippen LogP contribution >= 0.6 is 0 Å². The van der Waals surface area contributed by atoms with Crippen LogP contribution in [0, 0.1) is 11.3 Å². The summed E-state index contributed by atoms with van der Waals surface area (Å²) in [5.41, 5.74) is 5.59. The van der Waals surface area contributed by atoms with E-state index in [2.05, 4.69) is 30.0 Å². The van der Waals surface area contributed by atoms with Gasteiger partial charge in [0.15, 0.2) is 0 Å². The predicted molar refractivity (Wildman–Crippen MR) is 61.4 cm³/mol. The van der Waals surface area contributed by atoms with E-state index in [0.717, 1.165) is 26.1 Å². The molecule has 1 aliphatic heterocycles. The molecule has 2 N–H and O–H groups in total. The Morgan fingerprint density at radius 1 is 1.60 bits per heavy atom. The van der Waals surface area contributed by atoms with E-state index in [1.165, 1.54) is 12.8 Å². The van der Waals surface area contributed by atoms with Crippen LogP contribution in [0.4, 0.5) is 0 Å². The summed E-state index contributed by atoms with van der Waals surface area (Å²) in [6.07, 6.45) is 3.33. The van der Waals surface area contributed by atoms with Crippen molar-refractivity contribution >= 4 is 0 Å². The number of piperidine rings is 1. The normalized spacial score (nSPS) is 25.1. The molecule has 0 aliphatic carbocycles. The van der Waals surface area contributed by atoms with Crippen molar-refractivity contribution in [1.29, 1.82) is 5.26 Å². The van der Waals surface area contributed by atoms with Crippen LogP contribution in [0.15, 0.2) is 0 Å². The van der Waals surface area contributed by atoms with Gasteiger partial charge in [-0.15, -0.1) is 0 Å². The molecule has 2 unspecified atom stereocenters. The molecule has 0 aromatic rings. The van der Waals surface area contributed by atoms with Crippen molar-refractivity contribution in [2.24, 2.45) is 5.73 Å². The van der Waals surface area contributed by atoms with Gasteiger partial charge in [0.1, 0.15) is 0 Å². The maximum absolute atomic E-state index is 8.60. The van der Waals surface area contributed by atoms with Crippen LogP contribution in [0.2, 0.25) is 0 Å². The van der Waals surface area contributed by atoms with Gasteiger partial charge in [0.05, 0.1) is 12.1 Å². The van der Waals surface area contributed by atoms with E-state index in [-0.39, 0.29) is 6.04 Å². The van der Waals surface area contributed by atoms with Crippen LogP contribution in [0.5, 0.6) is 0 Å². The van der Waals surface area contributed by atoms with E-state index >= 15 is 0 Å². The van der Waals surface area contributed by atoms with Crippen molar-refractivity contribution in [3.8, 4) is 6.07 Å². The Bertz CT molecular complexity index is 221.